The van der Waals surface area contributed by atoms with Gasteiger partial charge in [0.25, 0.3) is 0 Å². The predicted molar refractivity (Wildman–Crippen MR) is 71.5 cm³/mol. The van der Waals surface area contributed by atoms with Gasteiger partial charge < -0.3 is 9.47 Å². The van der Waals surface area contributed by atoms with Gasteiger partial charge in [0, 0.05) is 19.6 Å². The maximum absolute atomic E-state index is 12.3. The molecule has 18 heavy (non-hydrogen) atoms. The van der Waals surface area contributed by atoms with Gasteiger partial charge in [-0.25, -0.2) is 4.98 Å². The van der Waals surface area contributed by atoms with Crippen molar-refractivity contribution < 1.29 is 4.79 Å². The Morgan fingerprint density at radius 3 is 2.83 bits per heavy atom. The molecule has 2 heterocycles. The Morgan fingerprint density at radius 1 is 1.44 bits per heavy atom. The van der Waals surface area contributed by atoms with Gasteiger partial charge in [-0.2, -0.15) is 0 Å². The summed E-state index contributed by atoms with van der Waals surface area (Å²) in [6.45, 7) is 4.62. The molecule has 0 saturated carbocycles. The number of alkyl halides is 1. The third kappa shape index (κ3) is 2.86. The Balaban J connectivity index is 2.07. The van der Waals surface area contributed by atoms with Gasteiger partial charge in [-0.05, 0) is 25.7 Å². The fraction of sp³-hybridized carbons (Fsp3) is 0.692. The molecule has 0 N–H and O–H groups in total. The van der Waals surface area contributed by atoms with Crippen molar-refractivity contribution in [2.45, 2.75) is 44.5 Å². The van der Waals surface area contributed by atoms with Crippen LogP contribution in [0.1, 0.15) is 43.7 Å². The lowest BCUT2D eigenvalue weighted by atomic mass is 10.1. The van der Waals surface area contributed by atoms with Crippen molar-refractivity contribution in [1.29, 1.82) is 0 Å². The summed E-state index contributed by atoms with van der Waals surface area (Å²) >= 11 is 6.32. The second-order valence-corrected chi connectivity index (χ2v) is 5.20. The third-order valence-corrected chi connectivity index (χ3v) is 3.76. The zero-order valence-electron chi connectivity index (χ0n) is 10.8. The van der Waals surface area contributed by atoms with Crippen LogP contribution in [0, 0.1) is 0 Å². The van der Waals surface area contributed by atoms with E-state index in [0.29, 0.717) is 0 Å². The second-order valence-electron chi connectivity index (χ2n) is 4.76. The molecule has 0 radical (unpaired) electrons. The van der Waals surface area contributed by atoms with E-state index in [9.17, 15) is 4.79 Å². The van der Waals surface area contributed by atoms with Gasteiger partial charge in [0.2, 0.25) is 5.91 Å². The highest BCUT2D eigenvalue weighted by Gasteiger charge is 2.27. The summed E-state index contributed by atoms with van der Waals surface area (Å²) in [5.41, 5.74) is 0.814. The summed E-state index contributed by atoms with van der Waals surface area (Å²) < 4.78 is 1.97. The second kappa shape index (κ2) is 6.23. The first-order valence-corrected chi connectivity index (χ1v) is 7.10. The highest BCUT2D eigenvalue weighted by Crippen LogP contribution is 2.24. The Hall–Kier alpha value is -1.03. The topological polar surface area (TPSA) is 38.1 Å². The number of aromatic nitrogens is 2. The van der Waals surface area contributed by atoms with Crippen molar-refractivity contribution in [2.24, 2.45) is 0 Å². The zero-order chi connectivity index (χ0) is 13.0. The van der Waals surface area contributed by atoms with Crippen LogP contribution in [0.15, 0.2) is 12.5 Å². The molecule has 5 heteroatoms. The number of amides is 1. The molecule has 1 amide bonds. The number of hydrogen-bond acceptors (Lipinski definition) is 2. The van der Waals surface area contributed by atoms with E-state index in [0.717, 1.165) is 44.6 Å². The van der Waals surface area contributed by atoms with Crippen LogP contribution in [0.3, 0.4) is 0 Å². The standard InChI is InChI=1S/C13H20ClN3O/c1-2-6-17-10-15-9-11(17)12(14)13(18)16-7-4-3-5-8-16/h9-10,12H,2-8H2,1H3. The highest BCUT2D eigenvalue weighted by molar-refractivity contribution is 6.30. The molecule has 2 rings (SSSR count). The van der Waals surface area contributed by atoms with Crippen molar-refractivity contribution in [3.8, 4) is 0 Å². The minimum absolute atomic E-state index is 0.0224. The molecule has 1 saturated heterocycles. The van der Waals surface area contributed by atoms with Gasteiger partial charge >= 0.3 is 0 Å². The van der Waals surface area contributed by atoms with E-state index in [1.54, 1.807) is 12.5 Å². The fourth-order valence-corrected chi connectivity index (χ4v) is 2.69. The Kier molecular flexibility index (Phi) is 4.64. The van der Waals surface area contributed by atoms with Crippen LogP contribution in [0.25, 0.3) is 0 Å². The van der Waals surface area contributed by atoms with Gasteiger partial charge in [-0.1, -0.05) is 6.92 Å². The molecule has 0 aromatic carbocycles. The normalized spacial score (nSPS) is 17.8. The van der Waals surface area contributed by atoms with Crippen molar-refractivity contribution in [2.75, 3.05) is 13.1 Å². The number of halogens is 1. The van der Waals surface area contributed by atoms with Gasteiger partial charge in [0.1, 0.15) is 0 Å². The molecule has 1 aromatic heterocycles. The van der Waals surface area contributed by atoms with E-state index in [1.807, 2.05) is 9.47 Å². The van der Waals surface area contributed by atoms with Crippen molar-refractivity contribution in [1.82, 2.24) is 14.5 Å². The molecule has 1 fully saturated rings. The molecule has 1 aromatic rings. The van der Waals surface area contributed by atoms with Gasteiger partial charge in [-0.15, -0.1) is 11.6 Å². The molecule has 4 nitrogen and oxygen atoms in total. The summed E-state index contributed by atoms with van der Waals surface area (Å²) in [6.07, 6.45) is 7.84. The molecule has 1 atom stereocenters. The van der Waals surface area contributed by atoms with E-state index in [4.69, 9.17) is 11.6 Å². The largest absolute Gasteiger partial charge is 0.341 e. The molecule has 0 aliphatic carbocycles. The molecular weight excluding hydrogens is 250 g/mol. The van der Waals surface area contributed by atoms with Crippen LogP contribution in [0.4, 0.5) is 0 Å². The van der Waals surface area contributed by atoms with Crippen LogP contribution in [0.2, 0.25) is 0 Å². The Bertz CT molecular complexity index is 399. The number of rotatable bonds is 4. The molecular formula is C13H20ClN3O. The maximum atomic E-state index is 12.3. The zero-order valence-corrected chi connectivity index (χ0v) is 11.6. The Morgan fingerprint density at radius 2 is 2.17 bits per heavy atom. The van der Waals surface area contributed by atoms with Crippen LogP contribution < -0.4 is 0 Å². The van der Waals surface area contributed by atoms with E-state index >= 15 is 0 Å². The molecule has 1 unspecified atom stereocenters. The van der Waals surface area contributed by atoms with Crippen molar-refractivity contribution >= 4 is 17.5 Å². The quantitative estimate of drug-likeness (QED) is 0.788. The van der Waals surface area contributed by atoms with Crippen molar-refractivity contribution in [3.63, 3.8) is 0 Å². The van der Waals surface area contributed by atoms with E-state index in [-0.39, 0.29) is 5.91 Å². The Labute approximate surface area is 113 Å². The molecule has 0 spiro atoms. The number of likely N-dealkylation sites (tertiary alicyclic amines) is 1. The van der Waals surface area contributed by atoms with Gasteiger partial charge in [-0.3, -0.25) is 4.79 Å². The average Bonchev–Trinajstić information content (AvgIpc) is 2.87. The summed E-state index contributed by atoms with van der Waals surface area (Å²) in [5.74, 6) is 0.0224. The first kappa shape index (κ1) is 13.4. The first-order chi connectivity index (χ1) is 8.74. The minimum Gasteiger partial charge on any atom is -0.341 e. The lowest BCUT2D eigenvalue weighted by Gasteiger charge is -2.28. The third-order valence-electron chi connectivity index (χ3n) is 3.35. The summed E-state index contributed by atoms with van der Waals surface area (Å²) in [4.78, 5) is 18.3. The summed E-state index contributed by atoms with van der Waals surface area (Å²) in [5, 5.41) is -0.600. The maximum Gasteiger partial charge on any atom is 0.246 e. The summed E-state index contributed by atoms with van der Waals surface area (Å²) in [6, 6.07) is 0. The minimum atomic E-state index is -0.600. The van der Waals surface area contributed by atoms with Gasteiger partial charge in [0.15, 0.2) is 5.38 Å². The lowest BCUT2D eigenvalue weighted by molar-refractivity contribution is -0.131. The van der Waals surface area contributed by atoms with Crippen LogP contribution in [0.5, 0.6) is 0 Å². The van der Waals surface area contributed by atoms with Gasteiger partial charge in [0.05, 0.1) is 18.2 Å². The van der Waals surface area contributed by atoms with E-state index < -0.39 is 5.38 Å². The average molecular weight is 270 g/mol. The number of aryl methyl sites for hydroxylation is 1. The fourth-order valence-electron chi connectivity index (χ4n) is 2.37. The number of nitrogens with zero attached hydrogens (tertiary/aromatic N) is 3. The van der Waals surface area contributed by atoms with Crippen LogP contribution in [-0.2, 0) is 11.3 Å². The molecule has 100 valence electrons. The number of carbonyl (C=O) groups excluding carboxylic acids is 1. The van der Waals surface area contributed by atoms with Crippen molar-refractivity contribution in [3.05, 3.63) is 18.2 Å². The first-order valence-electron chi connectivity index (χ1n) is 6.67. The van der Waals surface area contributed by atoms with Crippen LogP contribution in [-0.4, -0.2) is 33.4 Å². The number of carbonyl (C=O) groups is 1. The number of imidazole rings is 1. The van der Waals surface area contributed by atoms with Crippen LogP contribution >= 0.6 is 11.6 Å². The monoisotopic (exact) mass is 269 g/mol. The predicted octanol–water partition coefficient (Wildman–Crippen LogP) is 2.59. The van der Waals surface area contributed by atoms with E-state index in [1.165, 1.54) is 6.42 Å². The lowest BCUT2D eigenvalue weighted by Crippen LogP contribution is -2.38. The summed E-state index contributed by atoms with van der Waals surface area (Å²) in [7, 11) is 0. The number of piperidine rings is 1. The molecule has 1 aliphatic heterocycles. The number of hydrogen-bond donors (Lipinski definition) is 0. The highest BCUT2D eigenvalue weighted by atomic mass is 35.5. The molecule has 0 bridgehead atoms. The van der Waals surface area contributed by atoms with E-state index in [2.05, 4.69) is 11.9 Å². The smallest absolute Gasteiger partial charge is 0.246 e. The SMILES string of the molecule is CCCn1cncc1C(Cl)C(=O)N1CCCCC1. The molecule has 1 aliphatic rings.